The Hall–Kier alpha value is -3.32. The molecule has 3 rings (SSSR count). The molecule has 7 nitrogen and oxygen atoms in total. The minimum atomic E-state index is -0.692. The van der Waals surface area contributed by atoms with E-state index in [1.807, 2.05) is 19.1 Å². The summed E-state index contributed by atoms with van der Waals surface area (Å²) >= 11 is 6.07. The van der Waals surface area contributed by atoms with E-state index in [2.05, 4.69) is 10.6 Å². The van der Waals surface area contributed by atoms with Gasteiger partial charge in [0.1, 0.15) is 11.4 Å². The maximum absolute atomic E-state index is 12.2. The predicted molar refractivity (Wildman–Crippen MR) is 119 cm³/mol. The van der Waals surface area contributed by atoms with E-state index in [1.54, 1.807) is 32.3 Å². The molecule has 1 amide bonds. The van der Waals surface area contributed by atoms with Gasteiger partial charge in [0, 0.05) is 19.1 Å². The fourth-order valence-electron chi connectivity index (χ4n) is 3.16. The van der Waals surface area contributed by atoms with Crippen molar-refractivity contribution in [3.8, 4) is 5.75 Å². The van der Waals surface area contributed by atoms with Gasteiger partial charge in [-0.15, -0.1) is 0 Å². The van der Waals surface area contributed by atoms with Crippen LogP contribution in [0.5, 0.6) is 5.75 Å². The number of nitrogens with one attached hydrogen (secondary N) is 2. The van der Waals surface area contributed by atoms with E-state index in [1.165, 1.54) is 17.0 Å². The third-order valence-electron chi connectivity index (χ3n) is 4.82. The zero-order valence-corrected chi connectivity index (χ0v) is 17.6. The first-order valence-electron chi connectivity index (χ1n) is 9.40. The highest BCUT2D eigenvalue weighted by Crippen LogP contribution is 2.33. The van der Waals surface area contributed by atoms with E-state index < -0.39 is 10.9 Å². The van der Waals surface area contributed by atoms with Crippen molar-refractivity contribution in [1.82, 2.24) is 4.90 Å². The fourth-order valence-corrected chi connectivity index (χ4v) is 3.36. The van der Waals surface area contributed by atoms with Crippen molar-refractivity contribution in [2.45, 2.75) is 19.4 Å². The summed E-state index contributed by atoms with van der Waals surface area (Å²) in [5.74, 6) is -0.677. The molecule has 0 bridgehead atoms. The molecule has 0 aliphatic heterocycles. The first-order chi connectivity index (χ1) is 14.2. The highest BCUT2D eigenvalue weighted by atomic mass is 35.5. The van der Waals surface area contributed by atoms with Gasteiger partial charge in [-0.05, 0) is 36.2 Å². The topological polar surface area (TPSA) is 98.7 Å². The molecule has 1 atom stereocenters. The van der Waals surface area contributed by atoms with Crippen LogP contribution in [-0.2, 0) is 0 Å². The van der Waals surface area contributed by atoms with Crippen molar-refractivity contribution < 1.29 is 9.90 Å². The number of halogens is 1. The largest absolute Gasteiger partial charge is 0.505 e. The molecule has 0 saturated carbocycles. The molecule has 3 N–H and O–H groups in total. The number of rotatable bonds is 7. The number of carbonyl (C=O) groups is 1. The second-order valence-electron chi connectivity index (χ2n) is 7.09. The van der Waals surface area contributed by atoms with Crippen molar-refractivity contribution in [1.29, 1.82) is 0 Å². The average molecular weight is 428 g/mol. The lowest BCUT2D eigenvalue weighted by molar-refractivity contribution is 0.0824. The number of nitrogens with zero attached hydrogens (tertiary/aromatic N) is 1. The number of phenolic OH excluding ortho intramolecular Hbond substituents is 1. The minimum absolute atomic E-state index is 0.0465. The highest BCUT2D eigenvalue weighted by Gasteiger charge is 2.25. The smallest absolute Gasteiger partial charge is 0.257 e. The lowest BCUT2D eigenvalue weighted by Gasteiger charge is -2.22. The first kappa shape index (κ1) is 21.4. The van der Waals surface area contributed by atoms with Crippen LogP contribution < -0.4 is 21.5 Å². The number of benzene rings is 2. The summed E-state index contributed by atoms with van der Waals surface area (Å²) in [5.41, 5.74) is -0.0244. The molecule has 0 radical (unpaired) electrons. The maximum atomic E-state index is 12.2. The zero-order chi connectivity index (χ0) is 22.0. The van der Waals surface area contributed by atoms with Gasteiger partial charge in [-0.2, -0.15) is 0 Å². The maximum Gasteiger partial charge on any atom is 0.257 e. The van der Waals surface area contributed by atoms with Gasteiger partial charge in [0.15, 0.2) is 5.75 Å². The van der Waals surface area contributed by atoms with Crippen LogP contribution in [0.15, 0.2) is 52.1 Å². The van der Waals surface area contributed by atoms with E-state index in [0.717, 1.165) is 5.56 Å². The number of aromatic hydroxyl groups is 1. The number of amides is 1. The Kier molecular flexibility index (Phi) is 6.12. The molecule has 0 heterocycles. The van der Waals surface area contributed by atoms with Gasteiger partial charge in [-0.25, -0.2) is 0 Å². The lowest BCUT2D eigenvalue weighted by Crippen LogP contribution is -2.37. The van der Waals surface area contributed by atoms with Crippen molar-refractivity contribution in [2.24, 2.45) is 0 Å². The van der Waals surface area contributed by atoms with E-state index in [9.17, 15) is 19.5 Å². The SMILES string of the molecule is CCC(Nc1c(Nc2cccc(C(=O)N(C)C)c2O)c(=O)c1=O)c1cccc(Cl)c1. The van der Waals surface area contributed by atoms with Crippen LogP contribution in [0, 0.1) is 0 Å². The molecule has 0 aliphatic rings. The Morgan fingerprint density at radius 3 is 2.40 bits per heavy atom. The standard InChI is InChI=1S/C22H22ClN3O4/c1-4-15(12-7-5-8-13(23)11-12)24-17-18(21(29)20(17)28)25-16-10-6-9-14(19(16)27)22(30)26(2)3/h5-11,15,24-25,27H,4H2,1-3H3. The predicted octanol–water partition coefficient (Wildman–Crippen LogP) is 3.65. The van der Waals surface area contributed by atoms with Crippen LogP contribution in [0.25, 0.3) is 0 Å². The molecule has 156 valence electrons. The minimum Gasteiger partial charge on any atom is -0.505 e. The molecule has 0 spiro atoms. The second kappa shape index (κ2) is 8.59. The summed E-state index contributed by atoms with van der Waals surface area (Å²) in [4.78, 5) is 37.9. The van der Waals surface area contributed by atoms with Gasteiger partial charge in [-0.3, -0.25) is 14.4 Å². The Morgan fingerprint density at radius 1 is 1.10 bits per heavy atom. The van der Waals surface area contributed by atoms with E-state index >= 15 is 0 Å². The Balaban J connectivity index is 1.91. The van der Waals surface area contributed by atoms with Crippen LogP contribution in [-0.4, -0.2) is 30.0 Å². The average Bonchev–Trinajstić information content (AvgIpc) is 2.73. The molecule has 0 aromatic heterocycles. The van der Waals surface area contributed by atoms with Gasteiger partial charge >= 0.3 is 0 Å². The molecule has 3 aromatic rings. The number of phenols is 1. The monoisotopic (exact) mass is 427 g/mol. The third kappa shape index (κ3) is 4.02. The molecule has 30 heavy (non-hydrogen) atoms. The quantitative estimate of drug-likeness (QED) is 0.393. The van der Waals surface area contributed by atoms with Crippen molar-refractivity contribution in [3.05, 3.63) is 79.1 Å². The molecule has 1 unspecified atom stereocenters. The number of para-hydroxylation sites is 1. The Labute approximate surface area is 178 Å². The normalized spacial score (nSPS) is 11.9. The molecular weight excluding hydrogens is 406 g/mol. The fraction of sp³-hybridized carbons (Fsp3) is 0.227. The van der Waals surface area contributed by atoms with Crippen molar-refractivity contribution in [3.63, 3.8) is 0 Å². The van der Waals surface area contributed by atoms with Gasteiger partial charge in [0.05, 0.1) is 17.3 Å². The lowest BCUT2D eigenvalue weighted by atomic mass is 10.0. The van der Waals surface area contributed by atoms with Gasteiger partial charge < -0.3 is 20.6 Å². The van der Waals surface area contributed by atoms with E-state index in [0.29, 0.717) is 11.4 Å². The van der Waals surface area contributed by atoms with Gasteiger partial charge in [0.2, 0.25) is 0 Å². The summed E-state index contributed by atoms with van der Waals surface area (Å²) in [6.07, 6.45) is 0.649. The Bertz CT molecular complexity index is 1170. The number of carbonyl (C=O) groups excluding carboxylic acids is 1. The zero-order valence-electron chi connectivity index (χ0n) is 16.8. The van der Waals surface area contributed by atoms with Gasteiger partial charge in [0.25, 0.3) is 16.8 Å². The highest BCUT2D eigenvalue weighted by molar-refractivity contribution is 6.30. The van der Waals surface area contributed by atoms with Crippen molar-refractivity contribution >= 4 is 34.6 Å². The molecule has 0 aliphatic carbocycles. The molecule has 0 saturated heterocycles. The van der Waals surface area contributed by atoms with E-state index in [-0.39, 0.29) is 40.3 Å². The molecular formula is C22H22ClN3O4. The Morgan fingerprint density at radius 2 is 1.77 bits per heavy atom. The number of hydrogen-bond donors (Lipinski definition) is 3. The number of hydrogen-bond acceptors (Lipinski definition) is 6. The van der Waals surface area contributed by atoms with E-state index in [4.69, 9.17) is 11.6 Å². The summed E-state index contributed by atoms with van der Waals surface area (Å²) in [6.45, 7) is 1.94. The summed E-state index contributed by atoms with van der Waals surface area (Å²) < 4.78 is 0. The van der Waals surface area contributed by atoms with Crippen LogP contribution >= 0.6 is 11.6 Å². The summed E-state index contributed by atoms with van der Waals surface area (Å²) in [5, 5.41) is 17.0. The van der Waals surface area contributed by atoms with Crippen LogP contribution in [0.1, 0.15) is 35.3 Å². The molecule has 3 aromatic carbocycles. The molecule has 0 fully saturated rings. The summed E-state index contributed by atoms with van der Waals surface area (Å²) in [6, 6.07) is 11.6. The number of anilines is 3. The first-order valence-corrected chi connectivity index (χ1v) is 9.78. The summed E-state index contributed by atoms with van der Waals surface area (Å²) in [7, 11) is 3.14. The second-order valence-corrected chi connectivity index (χ2v) is 7.53. The van der Waals surface area contributed by atoms with Crippen molar-refractivity contribution in [2.75, 3.05) is 24.7 Å². The van der Waals surface area contributed by atoms with Crippen LogP contribution in [0.4, 0.5) is 17.1 Å². The van der Waals surface area contributed by atoms with Crippen LogP contribution in [0.2, 0.25) is 5.02 Å². The van der Waals surface area contributed by atoms with Gasteiger partial charge in [-0.1, -0.05) is 36.7 Å². The molecule has 8 heteroatoms. The third-order valence-corrected chi connectivity index (χ3v) is 5.06. The van der Waals surface area contributed by atoms with Crippen LogP contribution in [0.3, 0.4) is 0 Å².